The second kappa shape index (κ2) is 6.68. The van der Waals surface area contributed by atoms with E-state index < -0.39 is 17.3 Å². The van der Waals surface area contributed by atoms with Crippen LogP contribution in [-0.2, 0) is 4.79 Å². The summed E-state index contributed by atoms with van der Waals surface area (Å²) in [5.74, 6) is -0.570. The van der Waals surface area contributed by atoms with Gasteiger partial charge in [0.25, 0.3) is 0 Å². The van der Waals surface area contributed by atoms with Gasteiger partial charge in [0.1, 0.15) is 0 Å². The lowest BCUT2D eigenvalue weighted by molar-refractivity contribution is -0.115. The van der Waals surface area contributed by atoms with Crippen molar-refractivity contribution in [2.24, 2.45) is 0 Å². The highest BCUT2D eigenvalue weighted by Gasteiger charge is 2.18. The molecule has 1 aromatic carbocycles. The van der Waals surface area contributed by atoms with Crippen LogP contribution in [0.4, 0.5) is 14.5 Å². The number of amides is 1. The fourth-order valence-corrected chi connectivity index (χ4v) is 2.11. The van der Waals surface area contributed by atoms with E-state index in [-0.39, 0.29) is 20.9 Å². The number of alkyl halides is 3. The molecule has 1 rings (SSSR count). The minimum Gasteiger partial charge on any atom is -0.431 e. The molecule has 1 N–H and O–H groups in total. The van der Waals surface area contributed by atoms with Gasteiger partial charge in [-0.2, -0.15) is 8.78 Å². The minimum absolute atomic E-state index is 0.0750. The number of carbonyl (C=O) groups is 1. The number of hydrogen-bond donors (Lipinski definition) is 1. The van der Waals surface area contributed by atoms with Crippen molar-refractivity contribution in [1.29, 1.82) is 0 Å². The standard InChI is InChI=1S/C10H8Br2ClF2NO2/c1-4(11)9(17)16-7-3-5(13)2-6(12)8(7)18-10(14)15/h2-4,10H,1H3,(H,16,17). The van der Waals surface area contributed by atoms with Gasteiger partial charge >= 0.3 is 6.61 Å². The van der Waals surface area contributed by atoms with Gasteiger partial charge in [-0.1, -0.05) is 27.5 Å². The first-order chi connectivity index (χ1) is 8.31. The lowest BCUT2D eigenvalue weighted by Gasteiger charge is -2.14. The molecule has 0 fully saturated rings. The third-order valence-electron chi connectivity index (χ3n) is 1.83. The van der Waals surface area contributed by atoms with Crippen LogP contribution in [-0.4, -0.2) is 17.3 Å². The molecule has 0 saturated carbocycles. The quantitative estimate of drug-likeness (QED) is 0.750. The Bertz CT molecular complexity index is 458. The van der Waals surface area contributed by atoms with Gasteiger partial charge in [0.2, 0.25) is 5.91 Å². The molecule has 0 aromatic heterocycles. The lowest BCUT2D eigenvalue weighted by Crippen LogP contribution is -2.20. The molecule has 8 heteroatoms. The zero-order chi connectivity index (χ0) is 13.9. The van der Waals surface area contributed by atoms with Gasteiger partial charge < -0.3 is 10.1 Å². The average molecular weight is 407 g/mol. The summed E-state index contributed by atoms with van der Waals surface area (Å²) in [6, 6.07) is 2.73. The SMILES string of the molecule is CC(Br)C(=O)Nc1cc(Cl)cc(Br)c1OC(F)F. The Hall–Kier alpha value is -0.400. The molecule has 1 unspecified atom stereocenters. The Morgan fingerprint density at radius 3 is 2.61 bits per heavy atom. The lowest BCUT2D eigenvalue weighted by atomic mass is 10.3. The molecule has 0 aliphatic heterocycles. The van der Waals surface area contributed by atoms with Crippen LogP contribution < -0.4 is 10.1 Å². The molecule has 100 valence electrons. The zero-order valence-electron chi connectivity index (χ0n) is 9.02. The molecule has 18 heavy (non-hydrogen) atoms. The van der Waals surface area contributed by atoms with Gasteiger partial charge in [0, 0.05) is 5.02 Å². The Morgan fingerprint density at radius 2 is 2.11 bits per heavy atom. The fourth-order valence-electron chi connectivity index (χ4n) is 1.09. The van der Waals surface area contributed by atoms with Crippen molar-refractivity contribution in [3.63, 3.8) is 0 Å². The maximum Gasteiger partial charge on any atom is 0.387 e. The van der Waals surface area contributed by atoms with Crippen LogP contribution in [0.3, 0.4) is 0 Å². The third-order valence-corrected chi connectivity index (χ3v) is 3.06. The molecular weight excluding hydrogens is 399 g/mol. The Labute approximate surface area is 124 Å². The van der Waals surface area contributed by atoms with Crippen molar-refractivity contribution < 1.29 is 18.3 Å². The predicted molar refractivity (Wildman–Crippen MR) is 72.8 cm³/mol. The molecule has 1 atom stereocenters. The summed E-state index contributed by atoms with van der Waals surface area (Å²) in [5.41, 5.74) is 0.0750. The summed E-state index contributed by atoms with van der Waals surface area (Å²) >= 11 is 11.9. The molecule has 0 heterocycles. The van der Waals surface area contributed by atoms with E-state index in [0.717, 1.165) is 0 Å². The van der Waals surface area contributed by atoms with E-state index >= 15 is 0 Å². The van der Waals surface area contributed by atoms with Gasteiger partial charge in [0.15, 0.2) is 5.75 Å². The zero-order valence-corrected chi connectivity index (χ0v) is 12.9. The number of hydrogen-bond acceptors (Lipinski definition) is 2. The van der Waals surface area contributed by atoms with E-state index in [4.69, 9.17) is 11.6 Å². The van der Waals surface area contributed by atoms with E-state index in [1.807, 2.05) is 0 Å². The molecule has 1 aromatic rings. The summed E-state index contributed by atoms with van der Waals surface area (Å²) < 4.78 is 29.1. The van der Waals surface area contributed by atoms with Crippen LogP contribution in [0.15, 0.2) is 16.6 Å². The summed E-state index contributed by atoms with van der Waals surface area (Å²) in [6.07, 6.45) is 0. The maximum atomic E-state index is 12.3. The van der Waals surface area contributed by atoms with Crippen LogP contribution in [0.1, 0.15) is 6.92 Å². The van der Waals surface area contributed by atoms with E-state index in [0.29, 0.717) is 0 Å². The summed E-state index contributed by atoms with van der Waals surface area (Å²) in [7, 11) is 0. The number of benzene rings is 1. The van der Waals surface area contributed by atoms with E-state index in [1.54, 1.807) is 6.92 Å². The molecule has 0 saturated heterocycles. The van der Waals surface area contributed by atoms with Crippen LogP contribution >= 0.6 is 43.5 Å². The third kappa shape index (κ3) is 4.37. The molecule has 3 nitrogen and oxygen atoms in total. The van der Waals surface area contributed by atoms with Gasteiger partial charge in [-0.3, -0.25) is 4.79 Å². The topological polar surface area (TPSA) is 38.3 Å². The largest absolute Gasteiger partial charge is 0.431 e. The van der Waals surface area contributed by atoms with E-state index in [2.05, 4.69) is 41.9 Å². The number of halogens is 5. The molecule has 1 amide bonds. The molecule has 0 radical (unpaired) electrons. The fraction of sp³-hybridized carbons (Fsp3) is 0.300. The summed E-state index contributed by atoms with van der Waals surface area (Å²) in [5, 5.41) is 2.72. The number of nitrogens with one attached hydrogen (secondary N) is 1. The van der Waals surface area contributed by atoms with Crippen LogP contribution in [0.25, 0.3) is 0 Å². The first-order valence-electron chi connectivity index (χ1n) is 4.70. The maximum absolute atomic E-state index is 12.3. The first kappa shape index (κ1) is 15.7. The van der Waals surface area contributed by atoms with E-state index in [1.165, 1.54) is 12.1 Å². The highest BCUT2D eigenvalue weighted by Crippen LogP contribution is 2.37. The average Bonchev–Trinajstić information content (AvgIpc) is 2.22. The molecule has 0 aliphatic rings. The predicted octanol–water partition coefficient (Wildman–Crippen LogP) is 4.43. The van der Waals surface area contributed by atoms with Crippen molar-refractivity contribution in [1.82, 2.24) is 0 Å². The monoisotopic (exact) mass is 405 g/mol. The minimum atomic E-state index is -3.00. The van der Waals surface area contributed by atoms with Gasteiger partial charge in [-0.25, -0.2) is 0 Å². The second-order valence-electron chi connectivity index (χ2n) is 3.25. The van der Waals surface area contributed by atoms with Gasteiger partial charge in [-0.05, 0) is 35.0 Å². The van der Waals surface area contributed by atoms with Crippen LogP contribution in [0.2, 0.25) is 5.02 Å². The first-order valence-corrected chi connectivity index (χ1v) is 6.78. The number of anilines is 1. The van der Waals surface area contributed by atoms with Crippen LogP contribution in [0.5, 0.6) is 5.75 Å². The number of rotatable bonds is 4. The normalized spacial score (nSPS) is 12.4. The number of ether oxygens (including phenoxy) is 1. The summed E-state index contributed by atoms with van der Waals surface area (Å²) in [6.45, 7) is -1.40. The van der Waals surface area contributed by atoms with Crippen molar-refractivity contribution in [3.05, 3.63) is 21.6 Å². The Kier molecular flexibility index (Phi) is 5.81. The molecule has 0 spiro atoms. The molecule has 0 aliphatic carbocycles. The van der Waals surface area contributed by atoms with Crippen molar-refractivity contribution in [3.8, 4) is 5.75 Å². The van der Waals surface area contributed by atoms with Gasteiger partial charge in [-0.15, -0.1) is 0 Å². The van der Waals surface area contributed by atoms with Gasteiger partial charge in [0.05, 0.1) is 15.0 Å². The van der Waals surface area contributed by atoms with Crippen molar-refractivity contribution in [2.75, 3.05) is 5.32 Å². The van der Waals surface area contributed by atoms with Crippen LogP contribution in [0, 0.1) is 0 Å². The second-order valence-corrected chi connectivity index (χ2v) is 5.91. The summed E-state index contributed by atoms with van der Waals surface area (Å²) in [4.78, 5) is 11.0. The molecular formula is C10H8Br2ClF2NO2. The number of carbonyl (C=O) groups excluding carboxylic acids is 1. The Morgan fingerprint density at radius 1 is 1.50 bits per heavy atom. The molecule has 0 bridgehead atoms. The van der Waals surface area contributed by atoms with Crippen molar-refractivity contribution >= 4 is 55.1 Å². The smallest absolute Gasteiger partial charge is 0.387 e. The highest BCUT2D eigenvalue weighted by atomic mass is 79.9. The van der Waals surface area contributed by atoms with E-state index in [9.17, 15) is 13.6 Å². The van der Waals surface area contributed by atoms with Crippen molar-refractivity contribution in [2.45, 2.75) is 18.4 Å². The highest BCUT2D eigenvalue weighted by molar-refractivity contribution is 9.10. The Balaban J connectivity index is 3.11.